The third-order valence-corrected chi connectivity index (χ3v) is 3.84. The van der Waals surface area contributed by atoms with Crippen molar-refractivity contribution in [3.8, 4) is 0 Å². The van der Waals surface area contributed by atoms with E-state index in [-0.39, 0.29) is 0 Å². The highest BCUT2D eigenvalue weighted by Crippen LogP contribution is 2.28. The Morgan fingerprint density at radius 1 is 1.11 bits per heavy atom. The normalized spacial score (nSPS) is 16.9. The van der Waals surface area contributed by atoms with E-state index in [9.17, 15) is 0 Å². The smallest absolute Gasteiger partial charge is 0.164 e. The summed E-state index contributed by atoms with van der Waals surface area (Å²) in [6.07, 6.45) is 9.96. The van der Waals surface area contributed by atoms with Gasteiger partial charge in [0.05, 0.1) is 5.39 Å². The summed E-state index contributed by atoms with van der Waals surface area (Å²) in [5, 5.41) is 1.05. The Morgan fingerprint density at radius 3 is 2.78 bits per heavy atom. The minimum atomic E-state index is 0.608. The van der Waals surface area contributed by atoms with E-state index in [1.807, 2.05) is 6.07 Å². The van der Waals surface area contributed by atoms with Crippen molar-refractivity contribution in [2.75, 3.05) is 11.9 Å². The largest absolute Gasteiger partial charge is 0.356 e. The number of fused-ring (bicyclic) bond motifs is 1. The molecule has 0 bridgehead atoms. The zero-order valence-electron chi connectivity index (χ0n) is 10.7. The molecule has 0 atom stereocenters. The third kappa shape index (κ3) is 2.03. The van der Waals surface area contributed by atoms with Crippen molar-refractivity contribution in [1.29, 1.82) is 0 Å². The van der Waals surface area contributed by atoms with Gasteiger partial charge in [-0.1, -0.05) is 19.3 Å². The molecule has 1 aliphatic rings. The van der Waals surface area contributed by atoms with Crippen molar-refractivity contribution in [3.05, 3.63) is 24.7 Å². The summed E-state index contributed by atoms with van der Waals surface area (Å²) in [5.74, 6) is 1.01. The van der Waals surface area contributed by atoms with Crippen LogP contribution >= 0.6 is 0 Å². The van der Waals surface area contributed by atoms with Crippen LogP contribution in [-0.4, -0.2) is 28.0 Å². The molecule has 4 heteroatoms. The van der Waals surface area contributed by atoms with E-state index in [0.717, 1.165) is 16.9 Å². The molecule has 94 valence electrons. The first-order valence-electron chi connectivity index (χ1n) is 6.65. The van der Waals surface area contributed by atoms with Crippen LogP contribution in [0.1, 0.15) is 32.1 Å². The predicted molar refractivity (Wildman–Crippen MR) is 72.6 cm³/mol. The number of hydrogen-bond acceptors (Lipinski definition) is 4. The highest BCUT2D eigenvalue weighted by Gasteiger charge is 2.20. The van der Waals surface area contributed by atoms with Gasteiger partial charge in [-0.15, -0.1) is 0 Å². The van der Waals surface area contributed by atoms with Gasteiger partial charge in [-0.05, 0) is 25.0 Å². The lowest BCUT2D eigenvalue weighted by atomic mass is 9.94. The fourth-order valence-electron chi connectivity index (χ4n) is 2.80. The summed E-state index contributed by atoms with van der Waals surface area (Å²) in [6, 6.07) is 4.61. The van der Waals surface area contributed by atoms with Gasteiger partial charge in [-0.3, -0.25) is 0 Å². The molecule has 2 heterocycles. The number of anilines is 1. The lowest BCUT2D eigenvalue weighted by Crippen LogP contribution is -2.34. The maximum atomic E-state index is 4.46. The molecule has 0 radical (unpaired) electrons. The SMILES string of the molecule is CN(c1ncnc2ncccc12)C1CCCCC1. The number of nitrogens with zero attached hydrogens (tertiary/aromatic N) is 4. The number of rotatable bonds is 2. The Balaban J connectivity index is 1.97. The number of pyridine rings is 1. The van der Waals surface area contributed by atoms with Gasteiger partial charge < -0.3 is 4.90 Å². The average Bonchev–Trinajstić information content (AvgIpc) is 2.47. The quantitative estimate of drug-likeness (QED) is 0.812. The Hall–Kier alpha value is -1.71. The van der Waals surface area contributed by atoms with Crippen molar-refractivity contribution in [1.82, 2.24) is 15.0 Å². The molecule has 1 aliphatic carbocycles. The minimum Gasteiger partial charge on any atom is -0.356 e. The molecule has 18 heavy (non-hydrogen) atoms. The van der Waals surface area contributed by atoms with Gasteiger partial charge in [-0.25, -0.2) is 15.0 Å². The summed E-state index contributed by atoms with van der Waals surface area (Å²) in [4.78, 5) is 15.3. The number of aromatic nitrogens is 3. The first kappa shape index (κ1) is 11.4. The highest BCUT2D eigenvalue weighted by atomic mass is 15.2. The molecule has 0 aromatic carbocycles. The molecule has 2 aromatic heterocycles. The fraction of sp³-hybridized carbons (Fsp3) is 0.500. The van der Waals surface area contributed by atoms with Gasteiger partial charge in [0.2, 0.25) is 0 Å². The van der Waals surface area contributed by atoms with E-state index in [0.29, 0.717) is 6.04 Å². The average molecular weight is 242 g/mol. The summed E-state index contributed by atoms with van der Waals surface area (Å²) >= 11 is 0. The van der Waals surface area contributed by atoms with E-state index in [1.54, 1.807) is 12.5 Å². The molecule has 4 nitrogen and oxygen atoms in total. The highest BCUT2D eigenvalue weighted by molar-refractivity contribution is 5.86. The molecule has 0 aliphatic heterocycles. The van der Waals surface area contributed by atoms with Gasteiger partial charge in [0.25, 0.3) is 0 Å². The Kier molecular flexibility index (Phi) is 3.09. The Morgan fingerprint density at radius 2 is 1.94 bits per heavy atom. The molecule has 1 fully saturated rings. The van der Waals surface area contributed by atoms with Crippen molar-refractivity contribution in [3.63, 3.8) is 0 Å². The Labute approximate surface area is 107 Å². The van der Waals surface area contributed by atoms with Gasteiger partial charge in [-0.2, -0.15) is 0 Å². The van der Waals surface area contributed by atoms with Crippen LogP contribution in [0.15, 0.2) is 24.7 Å². The first-order chi connectivity index (χ1) is 8.86. The molecule has 0 amide bonds. The lowest BCUT2D eigenvalue weighted by molar-refractivity contribution is 0.426. The van der Waals surface area contributed by atoms with Crippen molar-refractivity contribution >= 4 is 16.9 Å². The van der Waals surface area contributed by atoms with Crippen molar-refractivity contribution < 1.29 is 0 Å². The van der Waals surface area contributed by atoms with Gasteiger partial charge in [0.15, 0.2) is 5.65 Å². The lowest BCUT2D eigenvalue weighted by Gasteiger charge is -2.32. The summed E-state index contributed by atoms with van der Waals surface area (Å²) in [5.41, 5.74) is 0.783. The molecular formula is C14H18N4. The second-order valence-electron chi connectivity index (χ2n) is 4.97. The predicted octanol–water partition coefficient (Wildman–Crippen LogP) is 2.79. The summed E-state index contributed by atoms with van der Waals surface area (Å²) in [7, 11) is 2.14. The van der Waals surface area contributed by atoms with E-state index in [4.69, 9.17) is 0 Å². The van der Waals surface area contributed by atoms with Crippen LogP contribution in [0.25, 0.3) is 11.0 Å². The van der Waals surface area contributed by atoms with E-state index in [1.165, 1.54) is 32.1 Å². The van der Waals surface area contributed by atoms with Gasteiger partial charge in [0.1, 0.15) is 12.1 Å². The standard InChI is InChI=1S/C14H18N4/c1-18(11-6-3-2-4-7-11)14-12-8-5-9-15-13(12)16-10-17-14/h5,8-11H,2-4,6-7H2,1H3. The van der Waals surface area contributed by atoms with E-state index >= 15 is 0 Å². The van der Waals surface area contributed by atoms with Crippen molar-refractivity contribution in [2.45, 2.75) is 38.1 Å². The van der Waals surface area contributed by atoms with E-state index < -0.39 is 0 Å². The van der Waals surface area contributed by atoms with Gasteiger partial charge in [0, 0.05) is 19.3 Å². The van der Waals surface area contributed by atoms with Gasteiger partial charge >= 0.3 is 0 Å². The molecule has 1 saturated carbocycles. The molecule has 0 spiro atoms. The number of hydrogen-bond donors (Lipinski definition) is 0. The maximum Gasteiger partial charge on any atom is 0.164 e. The summed E-state index contributed by atoms with van der Waals surface area (Å²) < 4.78 is 0. The summed E-state index contributed by atoms with van der Waals surface area (Å²) in [6.45, 7) is 0. The van der Waals surface area contributed by atoms with Crippen LogP contribution < -0.4 is 4.90 Å². The molecule has 3 rings (SSSR count). The first-order valence-corrected chi connectivity index (χ1v) is 6.65. The van der Waals surface area contributed by atoms with Crippen LogP contribution in [0.3, 0.4) is 0 Å². The molecule has 2 aromatic rings. The van der Waals surface area contributed by atoms with E-state index in [2.05, 4.69) is 33.0 Å². The van der Waals surface area contributed by atoms with Crippen LogP contribution in [0.2, 0.25) is 0 Å². The van der Waals surface area contributed by atoms with Crippen LogP contribution in [0.5, 0.6) is 0 Å². The third-order valence-electron chi connectivity index (χ3n) is 3.84. The zero-order valence-corrected chi connectivity index (χ0v) is 10.7. The molecule has 0 unspecified atom stereocenters. The van der Waals surface area contributed by atoms with Crippen LogP contribution in [0, 0.1) is 0 Å². The monoisotopic (exact) mass is 242 g/mol. The van der Waals surface area contributed by atoms with Crippen LogP contribution in [0.4, 0.5) is 5.82 Å². The second-order valence-corrected chi connectivity index (χ2v) is 4.97. The Bertz CT molecular complexity index is 529. The maximum absolute atomic E-state index is 4.46. The fourth-order valence-corrected chi connectivity index (χ4v) is 2.80. The molecule has 0 N–H and O–H groups in total. The minimum absolute atomic E-state index is 0.608. The van der Waals surface area contributed by atoms with Crippen molar-refractivity contribution in [2.24, 2.45) is 0 Å². The van der Waals surface area contributed by atoms with Crippen LogP contribution in [-0.2, 0) is 0 Å². The zero-order chi connectivity index (χ0) is 12.4. The molecule has 0 saturated heterocycles. The molecular weight excluding hydrogens is 224 g/mol. The topological polar surface area (TPSA) is 41.9 Å². The second kappa shape index (κ2) is 4.88.